The zero-order chi connectivity index (χ0) is 16.3. The second-order valence-corrected chi connectivity index (χ2v) is 5.53. The van der Waals surface area contributed by atoms with Crippen LogP contribution in [0.1, 0.15) is 33.0 Å². The van der Waals surface area contributed by atoms with E-state index >= 15 is 0 Å². The molecule has 6 nitrogen and oxygen atoms in total. The number of rotatable bonds is 4. The van der Waals surface area contributed by atoms with Crippen molar-refractivity contribution in [3.63, 3.8) is 0 Å². The van der Waals surface area contributed by atoms with Gasteiger partial charge in [-0.15, -0.1) is 11.3 Å². The van der Waals surface area contributed by atoms with E-state index in [0.29, 0.717) is 33.2 Å². The van der Waals surface area contributed by atoms with E-state index in [4.69, 9.17) is 14.4 Å². The van der Waals surface area contributed by atoms with E-state index in [2.05, 4.69) is 5.32 Å². The third kappa shape index (κ3) is 3.18. The highest BCUT2D eigenvalue weighted by Crippen LogP contribution is 2.23. The summed E-state index contributed by atoms with van der Waals surface area (Å²) < 4.78 is 10.4. The van der Waals surface area contributed by atoms with Gasteiger partial charge in [0.25, 0.3) is 5.91 Å². The van der Waals surface area contributed by atoms with E-state index in [1.165, 1.54) is 11.3 Å². The molecule has 2 rings (SSSR count). The van der Waals surface area contributed by atoms with Crippen LogP contribution in [0.15, 0.2) is 15.9 Å². The molecule has 0 spiro atoms. The molecule has 0 atom stereocenters. The highest BCUT2D eigenvalue weighted by molar-refractivity contribution is 7.14. The van der Waals surface area contributed by atoms with Gasteiger partial charge in [0.1, 0.15) is 28.2 Å². The number of hydrogen-bond acceptors (Lipinski definition) is 6. The van der Waals surface area contributed by atoms with Crippen molar-refractivity contribution in [2.75, 3.05) is 11.9 Å². The van der Waals surface area contributed by atoms with Gasteiger partial charge in [0.2, 0.25) is 0 Å². The molecule has 0 fully saturated rings. The van der Waals surface area contributed by atoms with Crippen molar-refractivity contribution in [3.05, 3.63) is 39.7 Å². The molecule has 22 heavy (non-hydrogen) atoms. The first-order valence-electron chi connectivity index (χ1n) is 6.45. The van der Waals surface area contributed by atoms with Crippen LogP contribution in [0.4, 0.5) is 5.00 Å². The largest absolute Gasteiger partial charge is 0.465 e. The summed E-state index contributed by atoms with van der Waals surface area (Å²) in [4.78, 5) is 23.8. The van der Waals surface area contributed by atoms with Crippen LogP contribution in [0.25, 0.3) is 0 Å². The topological polar surface area (TPSA) is 92.3 Å². The minimum atomic E-state index is -0.603. The number of carbonyl (C=O) groups excluding carboxylic acids is 2. The number of nitriles is 1. The van der Waals surface area contributed by atoms with Gasteiger partial charge in [0.15, 0.2) is 6.61 Å². The summed E-state index contributed by atoms with van der Waals surface area (Å²) in [7, 11) is 0. The Balaban J connectivity index is 1.97. The normalized spacial score (nSPS) is 10.1. The van der Waals surface area contributed by atoms with Crippen LogP contribution in [0, 0.1) is 32.1 Å². The number of ether oxygens (including phenoxy) is 1. The lowest BCUT2D eigenvalue weighted by Gasteiger charge is -2.05. The molecule has 7 heteroatoms. The summed E-state index contributed by atoms with van der Waals surface area (Å²) in [6, 6.07) is 3.57. The van der Waals surface area contributed by atoms with Crippen LogP contribution in [-0.4, -0.2) is 18.5 Å². The van der Waals surface area contributed by atoms with Crippen molar-refractivity contribution < 1.29 is 18.7 Å². The Bertz CT molecular complexity index is 767. The van der Waals surface area contributed by atoms with Gasteiger partial charge in [0, 0.05) is 5.56 Å². The average Bonchev–Trinajstić information content (AvgIpc) is 3.01. The Morgan fingerprint density at radius 3 is 2.68 bits per heavy atom. The molecule has 2 aromatic heterocycles. The monoisotopic (exact) mass is 318 g/mol. The highest BCUT2D eigenvalue weighted by atomic mass is 32.1. The molecule has 0 saturated carbocycles. The maximum atomic E-state index is 12.0. The van der Waals surface area contributed by atoms with Gasteiger partial charge in [-0.3, -0.25) is 4.79 Å². The summed E-state index contributed by atoms with van der Waals surface area (Å²) in [6.07, 6.45) is 0. The molecule has 1 amide bonds. The summed E-state index contributed by atoms with van der Waals surface area (Å²) >= 11 is 1.23. The lowest BCUT2D eigenvalue weighted by atomic mass is 10.1. The number of amides is 1. The van der Waals surface area contributed by atoms with E-state index in [1.54, 1.807) is 32.2 Å². The smallest absolute Gasteiger partial charge is 0.342 e. The quantitative estimate of drug-likeness (QED) is 0.875. The fourth-order valence-electron chi connectivity index (χ4n) is 1.95. The second-order valence-electron chi connectivity index (χ2n) is 4.61. The summed E-state index contributed by atoms with van der Waals surface area (Å²) in [5, 5.41) is 13.5. The van der Waals surface area contributed by atoms with Crippen molar-refractivity contribution in [2.45, 2.75) is 20.8 Å². The SMILES string of the molecule is Cc1oc(C)c(C(=O)OCC(=O)Nc2sccc2C#N)c1C. The molecule has 0 unspecified atom stereocenters. The van der Waals surface area contributed by atoms with Gasteiger partial charge in [-0.25, -0.2) is 4.79 Å². The van der Waals surface area contributed by atoms with Crippen LogP contribution in [0.3, 0.4) is 0 Å². The van der Waals surface area contributed by atoms with E-state index < -0.39 is 18.5 Å². The zero-order valence-corrected chi connectivity index (χ0v) is 13.2. The van der Waals surface area contributed by atoms with Crippen LogP contribution in [-0.2, 0) is 9.53 Å². The molecule has 0 aliphatic heterocycles. The van der Waals surface area contributed by atoms with E-state index in [1.807, 2.05) is 6.07 Å². The molecule has 0 aliphatic rings. The summed E-state index contributed by atoms with van der Waals surface area (Å²) in [5.41, 5.74) is 1.42. The number of anilines is 1. The minimum absolute atomic E-state index is 0.346. The standard InChI is InChI=1S/C15H14N2O4S/c1-8-9(2)21-10(3)13(8)15(19)20-7-12(18)17-14-11(6-16)4-5-22-14/h4-5H,7H2,1-3H3,(H,17,18). The fraction of sp³-hybridized carbons (Fsp3) is 0.267. The average molecular weight is 318 g/mol. The van der Waals surface area contributed by atoms with Gasteiger partial charge in [-0.1, -0.05) is 0 Å². The molecule has 0 bridgehead atoms. The van der Waals surface area contributed by atoms with Gasteiger partial charge in [0.05, 0.1) is 5.56 Å². The van der Waals surface area contributed by atoms with Gasteiger partial charge < -0.3 is 14.5 Å². The molecule has 0 aliphatic carbocycles. The first-order chi connectivity index (χ1) is 10.4. The summed E-state index contributed by atoms with van der Waals surface area (Å²) in [5.74, 6) is 0.00749. The molecular formula is C15H14N2O4S. The van der Waals surface area contributed by atoms with Crippen molar-refractivity contribution in [2.24, 2.45) is 0 Å². The lowest BCUT2D eigenvalue weighted by Crippen LogP contribution is -2.21. The maximum Gasteiger partial charge on any atom is 0.342 e. The highest BCUT2D eigenvalue weighted by Gasteiger charge is 2.21. The van der Waals surface area contributed by atoms with Gasteiger partial charge in [-0.2, -0.15) is 5.26 Å². The number of aryl methyl sites for hydroxylation is 2. The predicted molar refractivity (Wildman–Crippen MR) is 80.9 cm³/mol. The Morgan fingerprint density at radius 2 is 2.09 bits per heavy atom. The van der Waals surface area contributed by atoms with Crippen molar-refractivity contribution in [3.8, 4) is 6.07 Å². The Kier molecular flexibility index (Phi) is 4.63. The fourth-order valence-corrected chi connectivity index (χ4v) is 2.71. The van der Waals surface area contributed by atoms with Crippen molar-refractivity contribution >= 4 is 28.2 Å². The van der Waals surface area contributed by atoms with E-state index in [-0.39, 0.29) is 0 Å². The molecule has 114 valence electrons. The number of carbonyl (C=O) groups is 2. The molecular weight excluding hydrogens is 304 g/mol. The Hall–Kier alpha value is -2.59. The lowest BCUT2D eigenvalue weighted by molar-refractivity contribution is -0.119. The Labute approximate surface area is 131 Å². The maximum absolute atomic E-state index is 12.0. The Morgan fingerprint density at radius 1 is 1.36 bits per heavy atom. The van der Waals surface area contributed by atoms with Crippen LogP contribution < -0.4 is 5.32 Å². The van der Waals surface area contributed by atoms with Gasteiger partial charge in [-0.05, 0) is 32.2 Å². The molecule has 0 saturated heterocycles. The third-order valence-corrected chi connectivity index (χ3v) is 3.97. The number of nitrogens with zero attached hydrogens (tertiary/aromatic N) is 1. The first kappa shape index (κ1) is 15.8. The third-order valence-electron chi connectivity index (χ3n) is 3.14. The minimum Gasteiger partial charge on any atom is -0.465 e. The van der Waals surface area contributed by atoms with E-state index in [9.17, 15) is 9.59 Å². The predicted octanol–water partition coefficient (Wildman–Crippen LogP) is 2.93. The molecule has 0 radical (unpaired) electrons. The van der Waals surface area contributed by atoms with Crippen molar-refractivity contribution in [1.82, 2.24) is 0 Å². The summed E-state index contributed by atoms with van der Waals surface area (Å²) in [6.45, 7) is 4.76. The molecule has 0 aromatic carbocycles. The zero-order valence-electron chi connectivity index (χ0n) is 12.4. The molecule has 1 N–H and O–H groups in total. The number of furan rings is 1. The molecule has 2 heterocycles. The number of hydrogen-bond donors (Lipinski definition) is 1. The van der Waals surface area contributed by atoms with Crippen LogP contribution in [0.5, 0.6) is 0 Å². The number of nitrogens with one attached hydrogen (secondary N) is 1. The van der Waals surface area contributed by atoms with Gasteiger partial charge >= 0.3 is 5.97 Å². The number of thiophene rings is 1. The van der Waals surface area contributed by atoms with Crippen LogP contribution >= 0.6 is 11.3 Å². The molecule has 2 aromatic rings. The van der Waals surface area contributed by atoms with E-state index in [0.717, 1.165) is 0 Å². The van der Waals surface area contributed by atoms with Crippen LogP contribution in [0.2, 0.25) is 0 Å². The van der Waals surface area contributed by atoms with Crippen molar-refractivity contribution in [1.29, 1.82) is 5.26 Å². The second kappa shape index (κ2) is 6.45. The first-order valence-corrected chi connectivity index (χ1v) is 7.33. The number of esters is 1.